The van der Waals surface area contributed by atoms with Crippen molar-refractivity contribution in [3.05, 3.63) is 24.3 Å². The SMILES string of the molecule is COc1ccccc1NC(=O)N(C)C1CCC(N)CC1. The Morgan fingerprint density at radius 3 is 2.60 bits per heavy atom. The van der Waals surface area contributed by atoms with E-state index in [0.717, 1.165) is 25.7 Å². The monoisotopic (exact) mass is 277 g/mol. The highest BCUT2D eigenvalue weighted by atomic mass is 16.5. The van der Waals surface area contributed by atoms with Crippen LogP contribution >= 0.6 is 0 Å². The summed E-state index contributed by atoms with van der Waals surface area (Å²) < 4.78 is 5.24. The molecule has 0 radical (unpaired) electrons. The molecule has 1 aliphatic carbocycles. The van der Waals surface area contributed by atoms with E-state index in [2.05, 4.69) is 5.32 Å². The van der Waals surface area contributed by atoms with Crippen LogP contribution in [0.4, 0.5) is 10.5 Å². The molecule has 5 nitrogen and oxygen atoms in total. The molecule has 0 aliphatic heterocycles. The average molecular weight is 277 g/mol. The van der Waals surface area contributed by atoms with Gasteiger partial charge in [0, 0.05) is 19.1 Å². The van der Waals surface area contributed by atoms with E-state index in [1.165, 1.54) is 0 Å². The van der Waals surface area contributed by atoms with Crippen LogP contribution in [0.3, 0.4) is 0 Å². The van der Waals surface area contributed by atoms with Gasteiger partial charge in [0.1, 0.15) is 5.75 Å². The summed E-state index contributed by atoms with van der Waals surface area (Å²) in [7, 11) is 3.43. The second kappa shape index (κ2) is 6.61. The number of nitrogens with zero attached hydrogens (tertiary/aromatic N) is 1. The lowest BCUT2D eigenvalue weighted by Crippen LogP contribution is -2.43. The fraction of sp³-hybridized carbons (Fsp3) is 0.533. The van der Waals surface area contributed by atoms with E-state index in [0.29, 0.717) is 11.4 Å². The maximum Gasteiger partial charge on any atom is 0.321 e. The molecule has 0 aromatic heterocycles. The lowest BCUT2D eigenvalue weighted by Gasteiger charge is -2.33. The number of anilines is 1. The number of nitrogens with two attached hydrogens (primary N) is 1. The highest BCUT2D eigenvalue weighted by Crippen LogP contribution is 2.25. The fourth-order valence-electron chi connectivity index (χ4n) is 2.61. The van der Waals surface area contributed by atoms with Crippen LogP contribution in [0, 0.1) is 0 Å². The number of benzene rings is 1. The molecule has 0 heterocycles. The second-order valence-electron chi connectivity index (χ2n) is 5.31. The molecule has 0 bridgehead atoms. The van der Waals surface area contributed by atoms with Crippen molar-refractivity contribution in [2.45, 2.75) is 37.8 Å². The number of amides is 2. The molecule has 0 atom stereocenters. The quantitative estimate of drug-likeness (QED) is 0.891. The first kappa shape index (κ1) is 14.7. The summed E-state index contributed by atoms with van der Waals surface area (Å²) in [6.07, 6.45) is 3.90. The Balaban J connectivity index is 1.97. The molecule has 2 rings (SSSR count). The van der Waals surface area contributed by atoms with E-state index in [4.69, 9.17) is 10.5 Å². The predicted octanol–water partition coefficient (Wildman–Crippen LogP) is 2.43. The van der Waals surface area contributed by atoms with Crippen LogP contribution in [0.25, 0.3) is 0 Å². The van der Waals surface area contributed by atoms with Gasteiger partial charge in [-0.2, -0.15) is 0 Å². The molecule has 1 aromatic carbocycles. The van der Waals surface area contributed by atoms with Gasteiger partial charge < -0.3 is 20.7 Å². The van der Waals surface area contributed by atoms with Crippen molar-refractivity contribution >= 4 is 11.7 Å². The number of nitrogens with one attached hydrogen (secondary N) is 1. The highest BCUT2D eigenvalue weighted by molar-refractivity contribution is 5.91. The van der Waals surface area contributed by atoms with E-state index in [1.54, 1.807) is 12.0 Å². The van der Waals surface area contributed by atoms with Gasteiger partial charge in [0.05, 0.1) is 12.8 Å². The number of carbonyl (C=O) groups is 1. The van der Waals surface area contributed by atoms with Gasteiger partial charge in [0.15, 0.2) is 0 Å². The maximum atomic E-state index is 12.3. The van der Waals surface area contributed by atoms with Gasteiger partial charge >= 0.3 is 6.03 Å². The zero-order valence-electron chi connectivity index (χ0n) is 12.1. The zero-order chi connectivity index (χ0) is 14.5. The molecule has 0 saturated heterocycles. The summed E-state index contributed by atoms with van der Waals surface area (Å²) in [5.74, 6) is 0.667. The van der Waals surface area contributed by atoms with Crippen LogP contribution in [-0.2, 0) is 0 Å². The van der Waals surface area contributed by atoms with Gasteiger partial charge in [-0.25, -0.2) is 4.79 Å². The Hall–Kier alpha value is -1.75. The van der Waals surface area contributed by atoms with Crippen LogP contribution in [0.15, 0.2) is 24.3 Å². The normalized spacial score (nSPS) is 22.1. The third-order valence-electron chi connectivity index (χ3n) is 3.96. The van der Waals surface area contributed by atoms with Crippen molar-refractivity contribution in [3.63, 3.8) is 0 Å². The van der Waals surface area contributed by atoms with Crippen LogP contribution in [0.2, 0.25) is 0 Å². The van der Waals surface area contributed by atoms with E-state index >= 15 is 0 Å². The Labute approximate surface area is 120 Å². The lowest BCUT2D eigenvalue weighted by atomic mass is 9.91. The average Bonchev–Trinajstić information content (AvgIpc) is 2.48. The van der Waals surface area contributed by atoms with Gasteiger partial charge in [-0.05, 0) is 37.8 Å². The second-order valence-corrected chi connectivity index (χ2v) is 5.31. The Bertz CT molecular complexity index is 456. The molecule has 0 unspecified atom stereocenters. The molecule has 110 valence electrons. The van der Waals surface area contributed by atoms with Gasteiger partial charge in [-0.3, -0.25) is 0 Å². The van der Waals surface area contributed by atoms with Gasteiger partial charge in [-0.1, -0.05) is 12.1 Å². The smallest absolute Gasteiger partial charge is 0.321 e. The third kappa shape index (κ3) is 3.42. The Kier molecular flexibility index (Phi) is 4.84. The number of ether oxygens (including phenoxy) is 1. The number of methoxy groups -OCH3 is 1. The molecular formula is C15H23N3O2. The highest BCUT2D eigenvalue weighted by Gasteiger charge is 2.25. The van der Waals surface area contributed by atoms with Crippen molar-refractivity contribution in [1.29, 1.82) is 0 Å². The molecule has 1 aliphatic rings. The van der Waals surface area contributed by atoms with Crippen LogP contribution in [0.5, 0.6) is 5.75 Å². The minimum Gasteiger partial charge on any atom is -0.495 e. The molecule has 1 fully saturated rings. The minimum atomic E-state index is -0.102. The maximum absolute atomic E-state index is 12.3. The molecule has 5 heteroatoms. The first-order chi connectivity index (χ1) is 9.61. The number of para-hydroxylation sites is 2. The van der Waals surface area contributed by atoms with Gasteiger partial charge in [0.2, 0.25) is 0 Å². The number of hydrogen-bond acceptors (Lipinski definition) is 3. The van der Waals surface area contributed by atoms with Crippen LogP contribution in [-0.4, -0.2) is 37.2 Å². The largest absolute Gasteiger partial charge is 0.495 e. The summed E-state index contributed by atoms with van der Waals surface area (Å²) in [6, 6.07) is 7.87. The summed E-state index contributed by atoms with van der Waals surface area (Å²) in [4.78, 5) is 14.1. The molecule has 1 saturated carbocycles. The minimum absolute atomic E-state index is 0.102. The van der Waals surface area contributed by atoms with E-state index < -0.39 is 0 Å². The van der Waals surface area contributed by atoms with Crippen LogP contribution < -0.4 is 15.8 Å². The number of rotatable bonds is 3. The Morgan fingerprint density at radius 2 is 1.95 bits per heavy atom. The standard InChI is InChI=1S/C15H23N3O2/c1-18(12-9-7-11(16)8-10-12)15(19)17-13-5-3-4-6-14(13)20-2/h3-6,11-12H,7-10,16H2,1-2H3,(H,17,19). The van der Waals surface area contributed by atoms with E-state index in [9.17, 15) is 4.79 Å². The molecule has 20 heavy (non-hydrogen) atoms. The number of carbonyl (C=O) groups excluding carboxylic acids is 1. The van der Waals surface area contributed by atoms with Crippen molar-refractivity contribution in [2.24, 2.45) is 5.73 Å². The molecule has 1 aromatic rings. The summed E-state index contributed by atoms with van der Waals surface area (Å²) >= 11 is 0. The van der Waals surface area contributed by atoms with Crippen molar-refractivity contribution in [2.75, 3.05) is 19.5 Å². The molecule has 0 spiro atoms. The number of urea groups is 1. The fourth-order valence-corrected chi connectivity index (χ4v) is 2.61. The first-order valence-electron chi connectivity index (χ1n) is 7.04. The van der Waals surface area contributed by atoms with Crippen molar-refractivity contribution < 1.29 is 9.53 Å². The summed E-state index contributed by atoms with van der Waals surface area (Å²) in [6.45, 7) is 0. The van der Waals surface area contributed by atoms with E-state index in [-0.39, 0.29) is 18.1 Å². The zero-order valence-corrected chi connectivity index (χ0v) is 12.1. The number of hydrogen-bond donors (Lipinski definition) is 2. The molecule has 3 N–H and O–H groups in total. The molecular weight excluding hydrogens is 254 g/mol. The van der Waals surface area contributed by atoms with Crippen LogP contribution in [0.1, 0.15) is 25.7 Å². The van der Waals surface area contributed by atoms with E-state index in [1.807, 2.05) is 31.3 Å². The van der Waals surface area contributed by atoms with Gasteiger partial charge in [0.25, 0.3) is 0 Å². The first-order valence-corrected chi connectivity index (χ1v) is 7.04. The Morgan fingerprint density at radius 1 is 1.30 bits per heavy atom. The molecule has 2 amide bonds. The predicted molar refractivity (Wildman–Crippen MR) is 80.0 cm³/mol. The lowest BCUT2D eigenvalue weighted by molar-refractivity contribution is 0.182. The van der Waals surface area contributed by atoms with Crippen molar-refractivity contribution in [3.8, 4) is 5.75 Å². The topological polar surface area (TPSA) is 67.6 Å². The summed E-state index contributed by atoms with van der Waals surface area (Å²) in [5.41, 5.74) is 6.59. The third-order valence-corrected chi connectivity index (χ3v) is 3.96. The van der Waals surface area contributed by atoms with Crippen molar-refractivity contribution in [1.82, 2.24) is 4.90 Å². The van der Waals surface area contributed by atoms with Gasteiger partial charge in [-0.15, -0.1) is 0 Å². The summed E-state index contributed by atoms with van der Waals surface area (Å²) in [5, 5.41) is 2.90.